The third-order valence-corrected chi connectivity index (χ3v) is 4.37. The second kappa shape index (κ2) is 10.3. The van der Waals surface area contributed by atoms with Crippen LogP contribution in [0.15, 0.2) is 41.0 Å². The first-order valence-electron chi connectivity index (χ1n) is 8.14. The molecule has 2 heterocycles. The first-order chi connectivity index (χ1) is 11.7. The summed E-state index contributed by atoms with van der Waals surface area (Å²) in [4.78, 5) is 14.4. The van der Waals surface area contributed by atoms with E-state index in [1.54, 1.807) is 13.2 Å². The van der Waals surface area contributed by atoms with Gasteiger partial charge in [0.05, 0.1) is 19.2 Å². The number of benzene rings is 1. The van der Waals surface area contributed by atoms with Crippen LogP contribution >= 0.6 is 24.8 Å². The first-order valence-corrected chi connectivity index (χ1v) is 8.14. The number of nitrogens with two attached hydrogens (primary N) is 1. The summed E-state index contributed by atoms with van der Waals surface area (Å²) in [6.45, 7) is 2.86. The van der Waals surface area contributed by atoms with Gasteiger partial charge in [-0.25, -0.2) is 0 Å². The molecule has 26 heavy (non-hydrogen) atoms. The van der Waals surface area contributed by atoms with E-state index in [1.807, 2.05) is 18.2 Å². The number of carbonyl (C=O) groups is 1. The van der Waals surface area contributed by atoms with Gasteiger partial charge in [-0.05, 0) is 30.5 Å². The van der Waals surface area contributed by atoms with Gasteiger partial charge in [-0.15, -0.1) is 24.8 Å². The highest BCUT2D eigenvalue weighted by Gasteiger charge is 2.23. The van der Waals surface area contributed by atoms with Crippen LogP contribution < -0.4 is 20.7 Å². The second-order valence-electron chi connectivity index (χ2n) is 6.02. The zero-order chi connectivity index (χ0) is 16.9. The maximum Gasteiger partial charge on any atom is 0.254 e. The average Bonchev–Trinajstić information content (AvgIpc) is 3.29. The minimum Gasteiger partial charge on any atom is -0.497 e. The molecule has 1 aromatic heterocycles. The van der Waals surface area contributed by atoms with Crippen LogP contribution in [0.1, 0.15) is 22.5 Å². The maximum absolute atomic E-state index is 12.1. The minimum atomic E-state index is -0.113. The molecule has 0 radical (unpaired) electrons. The minimum absolute atomic E-state index is 0. The summed E-state index contributed by atoms with van der Waals surface area (Å²) in [6, 6.07) is 9.76. The number of halogens is 2. The topological polar surface area (TPSA) is 80.7 Å². The van der Waals surface area contributed by atoms with Gasteiger partial charge in [0, 0.05) is 31.4 Å². The molecule has 1 amide bonds. The Morgan fingerprint density at radius 2 is 2.19 bits per heavy atom. The third-order valence-electron chi connectivity index (χ3n) is 4.37. The maximum atomic E-state index is 12.1. The zero-order valence-electron chi connectivity index (χ0n) is 14.6. The van der Waals surface area contributed by atoms with Crippen molar-refractivity contribution in [1.29, 1.82) is 0 Å². The molecule has 6 nitrogen and oxygen atoms in total. The fraction of sp³-hybridized carbons (Fsp3) is 0.389. The Bertz CT molecular complexity index is 708. The predicted molar refractivity (Wildman–Crippen MR) is 107 cm³/mol. The molecule has 1 unspecified atom stereocenters. The van der Waals surface area contributed by atoms with Crippen molar-refractivity contribution in [2.75, 3.05) is 31.6 Å². The van der Waals surface area contributed by atoms with Crippen molar-refractivity contribution in [1.82, 2.24) is 5.32 Å². The number of carbonyl (C=O) groups excluding carboxylic acids is 1. The van der Waals surface area contributed by atoms with Gasteiger partial charge < -0.3 is 25.1 Å². The highest BCUT2D eigenvalue weighted by Crippen LogP contribution is 2.26. The Hall–Kier alpha value is -1.89. The SMILES string of the molecule is COc1cccc(N2CCC(CNC(=O)c3coc(CN)c3)C2)c1.Cl.Cl. The molecule has 2 aromatic rings. The Morgan fingerprint density at radius 3 is 2.88 bits per heavy atom. The molecule has 0 saturated carbocycles. The molecule has 1 saturated heterocycles. The number of methoxy groups -OCH3 is 1. The van der Waals surface area contributed by atoms with Gasteiger partial charge in [0.1, 0.15) is 17.8 Å². The summed E-state index contributed by atoms with van der Waals surface area (Å²) in [5, 5.41) is 2.98. The molecular formula is C18H25Cl2N3O3. The van der Waals surface area contributed by atoms with Crippen LogP contribution in [0.5, 0.6) is 5.75 Å². The van der Waals surface area contributed by atoms with Crippen molar-refractivity contribution in [2.24, 2.45) is 11.7 Å². The van der Waals surface area contributed by atoms with Crippen molar-refractivity contribution in [3.63, 3.8) is 0 Å². The summed E-state index contributed by atoms with van der Waals surface area (Å²) in [5.41, 5.74) is 7.17. The van der Waals surface area contributed by atoms with Gasteiger partial charge in [0.15, 0.2) is 0 Å². The number of furan rings is 1. The van der Waals surface area contributed by atoms with Crippen LogP contribution in [0.25, 0.3) is 0 Å². The Labute approximate surface area is 165 Å². The molecule has 8 heteroatoms. The zero-order valence-corrected chi connectivity index (χ0v) is 16.3. The van der Waals surface area contributed by atoms with Crippen molar-refractivity contribution < 1.29 is 13.9 Å². The van der Waals surface area contributed by atoms with E-state index in [9.17, 15) is 4.79 Å². The quantitative estimate of drug-likeness (QED) is 0.777. The molecule has 0 bridgehead atoms. The van der Waals surface area contributed by atoms with Gasteiger partial charge in [-0.3, -0.25) is 4.79 Å². The van der Waals surface area contributed by atoms with Crippen molar-refractivity contribution in [3.8, 4) is 5.75 Å². The number of ether oxygens (including phenoxy) is 1. The Balaban J connectivity index is 0.00000169. The van der Waals surface area contributed by atoms with Crippen LogP contribution in [0.2, 0.25) is 0 Å². The molecule has 3 rings (SSSR count). The molecule has 0 aliphatic carbocycles. The Morgan fingerprint density at radius 1 is 1.38 bits per heavy atom. The summed E-state index contributed by atoms with van der Waals surface area (Å²) in [7, 11) is 1.67. The number of nitrogens with one attached hydrogen (secondary N) is 1. The molecule has 1 fully saturated rings. The fourth-order valence-electron chi connectivity index (χ4n) is 2.99. The third kappa shape index (κ3) is 5.30. The molecule has 0 spiro atoms. The summed E-state index contributed by atoms with van der Waals surface area (Å²) < 4.78 is 10.5. The average molecular weight is 402 g/mol. The number of hydrogen-bond acceptors (Lipinski definition) is 5. The van der Waals surface area contributed by atoms with E-state index < -0.39 is 0 Å². The van der Waals surface area contributed by atoms with Gasteiger partial charge in [-0.1, -0.05) is 6.07 Å². The molecule has 144 valence electrons. The predicted octanol–water partition coefficient (Wildman–Crippen LogP) is 2.85. The molecule has 1 atom stereocenters. The number of hydrogen-bond donors (Lipinski definition) is 2. The molecule has 1 aliphatic heterocycles. The van der Waals surface area contributed by atoms with Crippen LogP contribution in [0.3, 0.4) is 0 Å². The van der Waals surface area contributed by atoms with Gasteiger partial charge in [0.2, 0.25) is 0 Å². The lowest BCUT2D eigenvalue weighted by Gasteiger charge is -2.19. The fourth-order valence-corrected chi connectivity index (χ4v) is 2.99. The summed E-state index contributed by atoms with van der Waals surface area (Å²) in [5.74, 6) is 1.80. The van der Waals surface area contributed by atoms with E-state index in [1.165, 1.54) is 6.26 Å². The summed E-state index contributed by atoms with van der Waals surface area (Å²) in [6.07, 6.45) is 2.51. The summed E-state index contributed by atoms with van der Waals surface area (Å²) >= 11 is 0. The van der Waals surface area contributed by atoms with Gasteiger partial charge >= 0.3 is 0 Å². The normalized spacial score (nSPS) is 15.8. The van der Waals surface area contributed by atoms with Crippen molar-refractivity contribution >= 4 is 36.4 Å². The van der Waals surface area contributed by atoms with Crippen LogP contribution in [-0.2, 0) is 6.54 Å². The number of anilines is 1. The monoisotopic (exact) mass is 401 g/mol. The number of amides is 1. The Kier molecular flexibility index (Phi) is 8.78. The van der Waals surface area contributed by atoms with E-state index in [0.717, 1.165) is 30.9 Å². The largest absolute Gasteiger partial charge is 0.497 e. The highest BCUT2D eigenvalue weighted by molar-refractivity contribution is 5.93. The van der Waals surface area contributed by atoms with Gasteiger partial charge in [0.25, 0.3) is 5.91 Å². The van der Waals surface area contributed by atoms with E-state index >= 15 is 0 Å². The number of nitrogens with zero attached hydrogens (tertiary/aromatic N) is 1. The van der Waals surface area contributed by atoms with Crippen LogP contribution in [-0.4, -0.2) is 32.7 Å². The lowest BCUT2D eigenvalue weighted by atomic mass is 10.1. The molecule has 3 N–H and O–H groups in total. The van der Waals surface area contributed by atoms with Crippen molar-refractivity contribution in [2.45, 2.75) is 13.0 Å². The van der Waals surface area contributed by atoms with E-state index in [4.69, 9.17) is 14.9 Å². The molecule has 1 aromatic carbocycles. The van der Waals surface area contributed by atoms with Crippen LogP contribution in [0.4, 0.5) is 5.69 Å². The van der Waals surface area contributed by atoms with E-state index in [0.29, 0.717) is 30.3 Å². The first kappa shape index (κ1) is 22.2. The van der Waals surface area contributed by atoms with Gasteiger partial charge in [-0.2, -0.15) is 0 Å². The lowest BCUT2D eigenvalue weighted by molar-refractivity contribution is 0.0947. The molecular weight excluding hydrogens is 377 g/mol. The molecule has 1 aliphatic rings. The van der Waals surface area contributed by atoms with Crippen LogP contribution in [0, 0.1) is 5.92 Å². The number of rotatable bonds is 6. The van der Waals surface area contributed by atoms with E-state index in [-0.39, 0.29) is 30.7 Å². The highest BCUT2D eigenvalue weighted by atomic mass is 35.5. The van der Waals surface area contributed by atoms with Crippen molar-refractivity contribution in [3.05, 3.63) is 47.9 Å². The smallest absolute Gasteiger partial charge is 0.254 e. The second-order valence-corrected chi connectivity index (χ2v) is 6.02. The van der Waals surface area contributed by atoms with E-state index in [2.05, 4.69) is 16.3 Å². The standard InChI is InChI=1S/C18H23N3O3.2ClH/c1-23-16-4-2-3-15(8-16)21-6-5-13(11-21)10-20-18(22)14-7-17(9-19)24-12-14;;/h2-4,7-8,12-13H,5-6,9-11,19H2,1H3,(H,20,22);2*1H. The lowest BCUT2D eigenvalue weighted by Crippen LogP contribution is -2.30.